The number of carbonyl (C=O) groups is 2. The van der Waals surface area contributed by atoms with Crippen LogP contribution < -0.4 is 20.9 Å². The number of nitrogen functional groups attached to an aromatic ring is 1. The maximum atomic E-state index is 12.3. The minimum Gasteiger partial charge on any atom is -0.465 e. The van der Waals surface area contributed by atoms with E-state index >= 15 is 0 Å². The smallest absolute Gasteiger partial charge is 0.340 e. The molecule has 0 heterocycles. The van der Waals surface area contributed by atoms with E-state index in [1.54, 1.807) is 24.3 Å². The van der Waals surface area contributed by atoms with Gasteiger partial charge in [-0.15, -0.1) is 0 Å². The zero-order valence-corrected chi connectivity index (χ0v) is 17.3. The number of nitrogens with two attached hydrogens (primary N) is 2. The van der Waals surface area contributed by atoms with Crippen molar-refractivity contribution in [3.8, 4) is 11.5 Å². The van der Waals surface area contributed by atoms with Gasteiger partial charge in [0.15, 0.2) is 0 Å². The first-order valence-electron chi connectivity index (χ1n) is 8.96. The number of nitrogens with one attached hydrogen (secondary N) is 1. The zero-order chi connectivity index (χ0) is 21.7. The second-order valence-corrected chi connectivity index (χ2v) is 7.31. The molecular weight excluding hydrogens is 402 g/mol. The fourth-order valence-electron chi connectivity index (χ4n) is 2.62. The predicted octanol–water partition coefficient (Wildman–Crippen LogP) is 4.37. The molecule has 8 heteroatoms. The van der Waals surface area contributed by atoms with Crippen molar-refractivity contribution in [3.05, 3.63) is 77.4 Å². The number of amides is 1. The van der Waals surface area contributed by atoms with Gasteiger partial charge in [-0.2, -0.15) is 0 Å². The first-order valence-corrected chi connectivity index (χ1v) is 9.78. The van der Waals surface area contributed by atoms with E-state index in [0.29, 0.717) is 22.7 Å². The summed E-state index contributed by atoms with van der Waals surface area (Å²) < 4.78 is 13.8. The molecule has 0 aliphatic carbocycles. The van der Waals surface area contributed by atoms with Crippen LogP contribution in [0.15, 0.2) is 65.6 Å². The Balaban J connectivity index is 1.83. The lowest BCUT2D eigenvalue weighted by atomic mass is 10.1. The Morgan fingerprint density at radius 1 is 0.933 bits per heavy atom. The normalized spacial score (nSPS) is 10.3. The van der Waals surface area contributed by atoms with Crippen LogP contribution in [0, 0.1) is 6.92 Å². The average molecular weight is 423 g/mol. The van der Waals surface area contributed by atoms with Crippen LogP contribution in [0.1, 0.15) is 26.3 Å². The van der Waals surface area contributed by atoms with Crippen LogP contribution in [-0.2, 0) is 4.74 Å². The van der Waals surface area contributed by atoms with E-state index < -0.39 is 11.9 Å². The zero-order valence-electron chi connectivity index (χ0n) is 16.5. The number of hydrogen-bond acceptors (Lipinski definition) is 7. The molecule has 0 spiro atoms. The molecule has 30 heavy (non-hydrogen) atoms. The molecule has 0 fully saturated rings. The molecule has 3 aromatic carbocycles. The molecule has 0 saturated carbocycles. The van der Waals surface area contributed by atoms with E-state index in [0.717, 1.165) is 4.90 Å². The van der Waals surface area contributed by atoms with Gasteiger partial charge < -0.3 is 25.7 Å². The monoisotopic (exact) mass is 423 g/mol. The third-order valence-corrected chi connectivity index (χ3v) is 5.05. The highest BCUT2D eigenvalue weighted by Gasteiger charge is 2.15. The Hall–Kier alpha value is -3.65. The van der Waals surface area contributed by atoms with E-state index in [1.807, 2.05) is 31.2 Å². The lowest BCUT2D eigenvalue weighted by molar-refractivity contribution is 0.0601. The lowest BCUT2D eigenvalue weighted by Gasteiger charge is -2.13. The third-order valence-electron chi connectivity index (χ3n) is 4.22. The number of rotatable bonds is 7. The van der Waals surface area contributed by atoms with Crippen molar-refractivity contribution in [3.63, 3.8) is 0 Å². The molecule has 154 valence electrons. The number of hydrogen-bond donors (Lipinski definition) is 3. The molecule has 0 atom stereocenters. The fraction of sp³-hybridized carbons (Fsp3) is 0.0909. The molecule has 1 amide bonds. The number of carbonyl (C=O) groups excluding carboxylic acids is 2. The largest absolute Gasteiger partial charge is 0.465 e. The highest BCUT2D eigenvalue weighted by atomic mass is 32.2. The van der Waals surface area contributed by atoms with Crippen molar-refractivity contribution >= 4 is 35.2 Å². The van der Waals surface area contributed by atoms with E-state index in [2.05, 4.69) is 4.72 Å². The van der Waals surface area contributed by atoms with Gasteiger partial charge in [0.25, 0.3) is 5.91 Å². The molecule has 0 aliphatic rings. The Kier molecular flexibility index (Phi) is 6.48. The van der Waals surface area contributed by atoms with Crippen LogP contribution in [0.5, 0.6) is 11.5 Å². The fourth-order valence-corrected chi connectivity index (χ4v) is 3.30. The summed E-state index contributed by atoms with van der Waals surface area (Å²) in [6, 6.07) is 17.6. The standard InChI is InChI=1S/C22H21N3O4S/c1-13-3-7-16(8-4-13)30-25-20-10-6-15(12-18(20)22(27)28-2)29-14-5-9-19(23)17(11-14)21(24)26/h3-12,25H,23H2,1-2H3,(H2,24,26). The first-order chi connectivity index (χ1) is 14.4. The molecule has 0 aromatic heterocycles. The Morgan fingerprint density at radius 2 is 1.57 bits per heavy atom. The van der Waals surface area contributed by atoms with Crippen LogP contribution in [0.4, 0.5) is 11.4 Å². The molecule has 5 N–H and O–H groups in total. The molecule has 0 saturated heterocycles. The van der Waals surface area contributed by atoms with Crippen molar-refractivity contribution in [2.75, 3.05) is 17.6 Å². The number of anilines is 2. The molecule has 0 radical (unpaired) electrons. The van der Waals surface area contributed by atoms with E-state index in [1.165, 1.54) is 36.8 Å². The van der Waals surface area contributed by atoms with Gasteiger partial charge in [-0.05, 0) is 67.4 Å². The van der Waals surface area contributed by atoms with Crippen LogP contribution >= 0.6 is 11.9 Å². The quantitative estimate of drug-likeness (QED) is 0.293. The van der Waals surface area contributed by atoms with Crippen LogP contribution in [-0.4, -0.2) is 19.0 Å². The summed E-state index contributed by atoms with van der Waals surface area (Å²) in [6.45, 7) is 2.02. The molecule has 0 unspecified atom stereocenters. The number of primary amides is 1. The highest BCUT2D eigenvalue weighted by molar-refractivity contribution is 8.00. The van der Waals surface area contributed by atoms with Gasteiger partial charge in [0.2, 0.25) is 0 Å². The molecule has 0 aliphatic heterocycles. The number of esters is 1. The molecule has 3 rings (SSSR count). The first kappa shape index (κ1) is 21.1. The minimum absolute atomic E-state index is 0.161. The molecule has 0 bridgehead atoms. The summed E-state index contributed by atoms with van der Waals surface area (Å²) in [4.78, 5) is 24.8. The van der Waals surface area contributed by atoms with E-state index in [9.17, 15) is 9.59 Å². The summed E-state index contributed by atoms with van der Waals surface area (Å²) in [5.41, 5.74) is 13.5. The van der Waals surface area contributed by atoms with Gasteiger partial charge >= 0.3 is 5.97 Å². The Morgan fingerprint density at radius 3 is 2.20 bits per heavy atom. The summed E-state index contributed by atoms with van der Waals surface area (Å²) in [6.07, 6.45) is 0. The van der Waals surface area contributed by atoms with E-state index in [-0.39, 0.29) is 11.3 Å². The molecule has 7 nitrogen and oxygen atoms in total. The van der Waals surface area contributed by atoms with Crippen molar-refractivity contribution in [2.24, 2.45) is 5.73 Å². The van der Waals surface area contributed by atoms with Crippen LogP contribution in [0.3, 0.4) is 0 Å². The summed E-state index contributed by atoms with van der Waals surface area (Å²) in [5.74, 6) is -0.409. The van der Waals surface area contributed by atoms with Gasteiger partial charge in [0.05, 0.1) is 23.9 Å². The van der Waals surface area contributed by atoms with Crippen molar-refractivity contribution in [1.82, 2.24) is 0 Å². The Labute approximate surface area is 178 Å². The number of aryl methyl sites for hydroxylation is 1. The van der Waals surface area contributed by atoms with Crippen LogP contribution in [0.25, 0.3) is 0 Å². The minimum atomic E-state index is -0.652. The second kappa shape index (κ2) is 9.23. The van der Waals surface area contributed by atoms with Gasteiger partial charge in [0, 0.05) is 10.6 Å². The Bertz CT molecular complexity index is 1080. The highest BCUT2D eigenvalue weighted by Crippen LogP contribution is 2.31. The third kappa shape index (κ3) is 5.03. The molecule has 3 aromatic rings. The van der Waals surface area contributed by atoms with Gasteiger partial charge in [-0.25, -0.2) is 4.79 Å². The average Bonchev–Trinajstić information content (AvgIpc) is 2.74. The summed E-state index contributed by atoms with van der Waals surface area (Å²) >= 11 is 1.38. The topological polar surface area (TPSA) is 117 Å². The van der Waals surface area contributed by atoms with Gasteiger partial charge in [-0.1, -0.05) is 17.7 Å². The van der Waals surface area contributed by atoms with E-state index in [4.69, 9.17) is 20.9 Å². The van der Waals surface area contributed by atoms with Gasteiger partial charge in [0.1, 0.15) is 11.5 Å². The van der Waals surface area contributed by atoms with Crippen molar-refractivity contribution < 1.29 is 19.1 Å². The number of methoxy groups -OCH3 is 1. The summed E-state index contributed by atoms with van der Waals surface area (Å²) in [5, 5.41) is 0. The SMILES string of the molecule is COC(=O)c1cc(Oc2ccc(N)c(C(N)=O)c2)ccc1NSc1ccc(C)cc1. The maximum Gasteiger partial charge on any atom is 0.340 e. The van der Waals surface area contributed by atoms with Crippen molar-refractivity contribution in [1.29, 1.82) is 0 Å². The lowest BCUT2D eigenvalue weighted by Crippen LogP contribution is -2.13. The maximum absolute atomic E-state index is 12.3. The van der Waals surface area contributed by atoms with Crippen molar-refractivity contribution in [2.45, 2.75) is 11.8 Å². The van der Waals surface area contributed by atoms with Crippen LogP contribution in [0.2, 0.25) is 0 Å². The number of benzene rings is 3. The summed E-state index contributed by atoms with van der Waals surface area (Å²) in [7, 11) is 1.31. The number of ether oxygens (including phenoxy) is 2. The molecular formula is C22H21N3O4S. The second-order valence-electron chi connectivity index (χ2n) is 6.43. The van der Waals surface area contributed by atoms with Gasteiger partial charge in [-0.3, -0.25) is 4.79 Å². The predicted molar refractivity (Wildman–Crippen MR) is 118 cm³/mol.